The molecule has 1 fully saturated rings. The second-order valence-corrected chi connectivity index (χ2v) is 6.53. The third-order valence-corrected chi connectivity index (χ3v) is 4.56. The third kappa shape index (κ3) is 3.20. The molecule has 132 valence electrons. The molecule has 26 heavy (non-hydrogen) atoms. The Balaban J connectivity index is 1.61. The summed E-state index contributed by atoms with van der Waals surface area (Å²) in [5, 5.41) is 3.31. The molecule has 1 aliphatic heterocycles. The standard InChI is InChI=1S/C19H21N7/c1-12-5-4-7-20-19(12)25-17-10-15(23-14(3)24-17)16-6-8-26(16)18-9-13(2)21-11-22-18/h4-5,7,9-11,16H,6,8H2,1-3H3,(H,20,23,24,25)/t16-/m1/s1. The summed E-state index contributed by atoms with van der Waals surface area (Å²) >= 11 is 0. The lowest BCUT2D eigenvalue weighted by molar-refractivity contribution is 0.449. The fourth-order valence-electron chi connectivity index (χ4n) is 3.13. The van der Waals surface area contributed by atoms with Gasteiger partial charge in [-0.2, -0.15) is 0 Å². The molecule has 0 unspecified atom stereocenters. The number of pyridine rings is 1. The van der Waals surface area contributed by atoms with Crippen molar-refractivity contribution in [2.24, 2.45) is 0 Å². The highest BCUT2D eigenvalue weighted by Gasteiger charge is 2.32. The Morgan fingerprint density at radius 1 is 1.08 bits per heavy atom. The topological polar surface area (TPSA) is 79.7 Å². The fraction of sp³-hybridized carbons (Fsp3) is 0.316. The first-order valence-electron chi connectivity index (χ1n) is 8.69. The van der Waals surface area contributed by atoms with Crippen molar-refractivity contribution in [3.05, 3.63) is 59.6 Å². The van der Waals surface area contributed by atoms with Crippen LogP contribution in [0.25, 0.3) is 0 Å². The van der Waals surface area contributed by atoms with Crippen LogP contribution in [-0.4, -0.2) is 31.5 Å². The molecule has 1 atom stereocenters. The largest absolute Gasteiger partial charge is 0.348 e. The van der Waals surface area contributed by atoms with Crippen molar-refractivity contribution in [1.82, 2.24) is 24.9 Å². The molecule has 3 aromatic rings. The van der Waals surface area contributed by atoms with Gasteiger partial charge in [0.1, 0.15) is 29.6 Å². The molecule has 4 rings (SSSR count). The van der Waals surface area contributed by atoms with Crippen LogP contribution in [0.2, 0.25) is 0 Å². The molecule has 0 aliphatic carbocycles. The van der Waals surface area contributed by atoms with Crippen LogP contribution in [0, 0.1) is 20.8 Å². The van der Waals surface area contributed by atoms with Crippen LogP contribution in [0.1, 0.15) is 35.2 Å². The van der Waals surface area contributed by atoms with Gasteiger partial charge in [0.15, 0.2) is 0 Å². The van der Waals surface area contributed by atoms with Crippen molar-refractivity contribution < 1.29 is 0 Å². The van der Waals surface area contributed by atoms with Gasteiger partial charge in [0.25, 0.3) is 0 Å². The van der Waals surface area contributed by atoms with Crippen LogP contribution in [-0.2, 0) is 0 Å². The molecule has 0 saturated carbocycles. The number of hydrogen-bond donors (Lipinski definition) is 1. The molecule has 3 aromatic heterocycles. The van der Waals surface area contributed by atoms with Crippen LogP contribution in [0.5, 0.6) is 0 Å². The summed E-state index contributed by atoms with van der Waals surface area (Å²) in [6.07, 6.45) is 4.43. The van der Waals surface area contributed by atoms with Crippen molar-refractivity contribution in [2.45, 2.75) is 33.2 Å². The Morgan fingerprint density at radius 2 is 1.96 bits per heavy atom. The molecule has 1 N–H and O–H groups in total. The number of aromatic nitrogens is 5. The van der Waals surface area contributed by atoms with Crippen molar-refractivity contribution in [2.75, 3.05) is 16.8 Å². The number of aryl methyl sites for hydroxylation is 3. The SMILES string of the molecule is Cc1cc(N2CC[C@@H]2c2cc(Nc3ncccc3C)nc(C)n2)ncn1. The van der Waals surface area contributed by atoms with Gasteiger partial charge >= 0.3 is 0 Å². The smallest absolute Gasteiger partial charge is 0.135 e. The first-order chi connectivity index (χ1) is 12.6. The highest BCUT2D eigenvalue weighted by molar-refractivity contribution is 5.56. The van der Waals surface area contributed by atoms with E-state index in [9.17, 15) is 0 Å². The van der Waals surface area contributed by atoms with Gasteiger partial charge < -0.3 is 10.2 Å². The summed E-state index contributed by atoms with van der Waals surface area (Å²) in [5.74, 6) is 3.26. The maximum atomic E-state index is 4.66. The molecule has 1 aliphatic rings. The lowest BCUT2D eigenvalue weighted by Crippen LogP contribution is -2.42. The quantitative estimate of drug-likeness (QED) is 0.776. The van der Waals surface area contributed by atoms with E-state index in [0.717, 1.165) is 53.2 Å². The Labute approximate surface area is 152 Å². The van der Waals surface area contributed by atoms with E-state index in [0.29, 0.717) is 0 Å². The zero-order valence-corrected chi connectivity index (χ0v) is 15.1. The zero-order valence-electron chi connectivity index (χ0n) is 15.1. The Hall–Kier alpha value is -3.09. The van der Waals surface area contributed by atoms with Crippen LogP contribution in [0.4, 0.5) is 17.5 Å². The minimum atomic E-state index is 0.205. The second kappa shape index (κ2) is 6.67. The molecular formula is C19H21N7. The molecule has 0 radical (unpaired) electrons. The summed E-state index contributed by atoms with van der Waals surface area (Å²) in [4.78, 5) is 24.4. The van der Waals surface area contributed by atoms with E-state index >= 15 is 0 Å². The summed E-state index contributed by atoms with van der Waals surface area (Å²) in [7, 11) is 0. The number of rotatable bonds is 4. The first-order valence-corrected chi connectivity index (χ1v) is 8.69. The molecule has 0 bridgehead atoms. The van der Waals surface area contributed by atoms with Gasteiger partial charge in [-0.1, -0.05) is 6.07 Å². The zero-order chi connectivity index (χ0) is 18.1. The maximum absolute atomic E-state index is 4.66. The van der Waals surface area contributed by atoms with Gasteiger partial charge in [-0.3, -0.25) is 0 Å². The predicted octanol–water partition coefficient (Wildman–Crippen LogP) is 3.28. The highest BCUT2D eigenvalue weighted by Crippen LogP contribution is 2.36. The van der Waals surface area contributed by atoms with Crippen LogP contribution < -0.4 is 10.2 Å². The van der Waals surface area contributed by atoms with Crippen LogP contribution >= 0.6 is 0 Å². The molecule has 0 amide bonds. The van der Waals surface area contributed by atoms with Gasteiger partial charge in [0.05, 0.1) is 11.7 Å². The minimum Gasteiger partial charge on any atom is -0.348 e. The Kier molecular flexibility index (Phi) is 4.20. The molecule has 1 saturated heterocycles. The van der Waals surface area contributed by atoms with Gasteiger partial charge in [-0.25, -0.2) is 24.9 Å². The van der Waals surface area contributed by atoms with Gasteiger partial charge in [-0.15, -0.1) is 0 Å². The van der Waals surface area contributed by atoms with E-state index in [4.69, 9.17) is 0 Å². The van der Waals surface area contributed by atoms with E-state index in [2.05, 4.69) is 35.1 Å². The third-order valence-electron chi connectivity index (χ3n) is 4.56. The van der Waals surface area contributed by atoms with Crippen molar-refractivity contribution in [3.8, 4) is 0 Å². The van der Waals surface area contributed by atoms with E-state index in [1.165, 1.54) is 0 Å². The van der Waals surface area contributed by atoms with E-state index in [-0.39, 0.29) is 6.04 Å². The van der Waals surface area contributed by atoms with Gasteiger partial charge in [0, 0.05) is 30.6 Å². The number of hydrogen-bond acceptors (Lipinski definition) is 7. The number of anilines is 3. The second-order valence-electron chi connectivity index (χ2n) is 6.53. The van der Waals surface area contributed by atoms with E-state index in [1.807, 2.05) is 45.0 Å². The normalized spacial score (nSPS) is 16.3. The maximum Gasteiger partial charge on any atom is 0.135 e. The van der Waals surface area contributed by atoms with E-state index in [1.54, 1.807) is 12.5 Å². The molecule has 7 nitrogen and oxygen atoms in total. The monoisotopic (exact) mass is 347 g/mol. The Bertz CT molecular complexity index is 941. The average molecular weight is 347 g/mol. The lowest BCUT2D eigenvalue weighted by Gasteiger charge is -2.41. The van der Waals surface area contributed by atoms with Gasteiger partial charge in [0.2, 0.25) is 0 Å². The average Bonchev–Trinajstić information content (AvgIpc) is 2.55. The summed E-state index contributed by atoms with van der Waals surface area (Å²) in [5.41, 5.74) is 3.04. The molecule has 0 spiro atoms. The molecule has 7 heteroatoms. The summed E-state index contributed by atoms with van der Waals surface area (Å²) in [6, 6.07) is 8.17. The number of nitrogens with one attached hydrogen (secondary N) is 1. The van der Waals surface area contributed by atoms with E-state index < -0.39 is 0 Å². The first kappa shape index (κ1) is 16.4. The molecule has 0 aromatic carbocycles. The highest BCUT2D eigenvalue weighted by atomic mass is 15.3. The summed E-state index contributed by atoms with van der Waals surface area (Å²) in [6.45, 7) is 6.88. The summed E-state index contributed by atoms with van der Waals surface area (Å²) < 4.78 is 0. The Morgan fingerprint density at radius 3 is 2.69 bits per heavy atom. The predicted molar refractivity (Wildman–Crippen MR) is 100 cm³/mol. The number of nitrogens with zero attached hydrogens (tertiary/aromatic N) is 6. The lowest BCUT2D eigenvalue weighted by atomic mass is 9.99. The minimum absolute atomic E-state index is 0.205. The van der Waals surface area contributed by atoms with Crippen molar-refractivity contribution in [3.63, 3.8) is 0 Å². The van der Waals surface area contributed by atoms with Crippen molar-refractivity contribution >= 4 is 17.5 Å². The molecular weight excluding hydrogens is 326 g/mol. The van der Waals surface area contributed by atoms with Gasteiger partial charge in [-0.05, 0) is 38.8 Å². The van der Waals surface area contributed by atoms with Crippen LogP contribution in [0.3, 0.4) is 0 Å². The van der Waals surface area contributed by atoms with Crippen molar-refractivity contribution in [1.29, 1.82) is 0 Å². The van der Waals surface area contributed by atoms with Crippen LogP contribution in [0.15, 0.2) is 36.8 Å². The molecule has 4 heterocycles. The fourth-order valence-corrected chi connectivity index (χ4v) is 3.13.